The lowest BCUT2D eigenvalue weighted by Crippen LogP contribution is -2.12. The molecular weight excluding hydrogens is 292 g/mol. The lowest BCUT2D eigenvalue weighted by molar-refractivity contribution is 0.102. The smallest absolute Gasteiger partial charge is 0.278 e. The van der Waals surface area contributed by atoms with Crippen LogP contribution in [0.5, 0.6) is 0 Å². The van der Waals surface area contributed by atoms with Crippen LogP contribution in [0.15, 0.2) is 34.9 Å². The van der Waals surface area contributed by atoms with Crippen molar-refractivity contribution in [2.24, 2.45) is 0 Å². The van der Waals surface area contributed by atoms with Crippen molar-refractivity contribution < 1.29 is 4.79 Å². The predicted molar refractivity (Wildman–Crippen MR) is 81.8 cm³/mol. The molecule has 3 aromatic heterocycles. The zero-order valence-corrected chi connectivity index (χ0v) is 12.6. The Kier molecular flexibility index (Phi) is 3.45. The minimum Gasteiger partial charge on any atom is -0.296 e. The molecule has 7 heteroatoms. The maximum Gasteiger partial charge on any atom is 0.278 e. The van der Waals surface area contributed by atoms with Gasteiger partial charge >= 0.3 is 0 Å². The van der Waals surface area contributed by atoms with Gasteiger partial charge in [-0.05, 0) is 25.3 Å². The Morgan fingerprint density at radius 1 is 1.40 bits per heavy atom. The van der Waals surface area contributed by atoms with Gasteiger partial charge in [0.05, 0.1) is 11.2 Å². The highest BCUT2D eigenvalue weighted by Crippen LogP contribution is 2.21. The van der Waals surface area contributed by atoms with Crippen LogP contribution >= 0.6 is 23.1 Å². The largest absolute Gasteiger partial charge is 0.296 e. The van der Waals surface area contributed by atoms with Crippen molar-refractivity contribution >= 4 is 39.7 Å². The van der Waals surface area contributed by atoms with E-state index in [0.29, 0.717) is 10.8 Å². The normalized spacial score (nSPS) is 10.9. The highest BCUT2D eigenvalue weighted by Gasteiger charge is 2.17. The van der Waals surface area contributed by atoms with Crippen LogP contribution in [0.3, 0.4) is 0 Å². The predicted octanol–water partition coefficient (Wildman–Crippen LogP) is 3.07. The standard InChI is InChI=1S/C13H12N4OS2/c1-8-7-20-12(14-8)16-11(18)10-9-5-3-4-6-17(9)13(15-10)19-2/h3-7H,1-2H3,(H,14,16,18). The fourth-order valence-corrected chi connectivity index (χ4v) is 3.11. The van der Waals surface area contributed by atoms with E-state index in [0.717, 1.165) is 16.4 Å². The van der Waals surface area contributed by atoms with Crippen molar-refractivity contribution in [3.05, 3.63) is 41.2 Å². The van der Waals surface area contributed by atoms with Gasteiger partial charge in [0.15, 0.2) is 16.0 Å². The summed E-state index contributed by atoms with van der Waals surface area (Å²) in [4.78, 5) is 21.0. The molecule has 0 unspecified atom stereocenters. The summed E-state index contributed by atoms with van der Waals surface area (Å²) in [5.41, 5.74) is 2.11. The molecule has 0 aliphatic rings. The first-order valence-electron chi connectivity index (χ1n) is 5.93. The van der Waals surface area contributed by atoms with Crippen molar-refractivity contribution in [1.29, 1.82) is 0 Å². The number of nitrogens with one attached hydrogen (secondary N) is 1. The van der Waals surface area contributed by atoms with Gasteiger partial charge in [-0.1, -0.05) is 17.8 Å². The second-order valence-electron chi connectivity index (χ2n) is 4.15. The van der Waals surface area contributed by atoms with Gasteiger partial charge in [-0.15, -0.1) is 11.3 Å². The minimum absolute atomic E-state index is 0.233. The van der Waals surface area contributed by atoms with E-state index in [2.05, 4.69) is 15.3 Å². The molecule has 0 spiro atoms. The summed E-state index contributed by atoms with van der Waals surface area (Å²) in [7, 11) is 0. The number of thioether (sulfide) groups is 1. The SMILES string of the molecule is CSc1nc(C(=O)Nc2nc(C)cs2)c2ccccn12. The van der Waals surface area contributed by atoms with Crippen molar-refractivity contribution in [3.8, 4) is 0 Å². The molecule has 0 aromatic carbocycles. The summed E-state index contributed by atoms with van der Waals surface area (Å²) < 4.78 is 1.91. The van der Waals surface area contributed by atoms with Crippen LogP contribution in [0.1, 0.15) is 16.2 Å². The van der Waals surface area contributed by atoms with E-state index in [4.69, 9.17) is 0 Å². The Bertz CT molecular complexity index is 778. The number of aromatic nitrogens is 3. The van der Waals surface area contributed by atoms with Gasteiger partial charge < -0.3 is 0 Å². The van der Waals surface area contributed by atoms with E-state index in [9.17, 15) is 4.79 Å². The molecule has 0 saturated heterocycles. The van der Waals surface area contributed by atoms with Crippen LogP contribution in [0.2, 0.25) is 0 Å². The number of hydrogen-bond acceptors (Lipinski definition) is 5. The number of imidazole rings is 1. The molecule has 102 valence electrons. The van der Waals surface area contributed by atoms with Crippen LogP contribution in [0, 0.1) is 6.92 Å². The summed E-state index contributed by atoms with van der Waals surface area (Å²) in [5.74, 6) is -0.233. The second kappa shape index (κ2) is 5.26. The van der Waals surface area contributed by atoms with Crippen molar-refractivity contribution in [2.75, 3.05) is 11.6 Å². The number of fused-ring (bicyclic) bond motifs is 1. The summed E-state index contributed by atoms with van der Waals surface area (Å²) in [6.45, 7) is 1.89. The number of rotatable bonds is 3. The number of carbonyl (C=O) groups excluding carboxylic acids is 1. The van der Waals surface area contributed by atoms with Gasteiger partial charge in [-0.2, -0.15) is 0 Å². The van der Waals surface area contributed by atoms with Gasteiger partial charge in [-0.25, -0.2) is 9.97 Å². The Hall–Kier alpha value is -1.86. The summed E-state index contributed by atoms with van der Waals surface area (Å²) in [6, 6.07) is 5.69. The first-order chi connectivity index (χ1) is 9.69. The fourth-order valence-electron chi connectivity index (χ4n) is 1.89. The maximum atomic E-state index is 12.3. The molecule has 5 nitrogen and oxygen atoms in total. The third-order valence-corrected chi connectivity index (χ3v) is 4.28. The highest BCUT2D eigenvalue weighted by atomic mass is 32.2. The molecule has 20 heavy (non-hydrogen) atoms. The van der Waals surface area contributed by atoms with Gasteiger partial charge in [0, 0.05) is 11.6 Å². The number of amides is 1. The van der Waals surface area contributed by atoms with Crippen LogP contribution in [0.25, 0.3) is 5.52 Å². The first kappa shape index (κ1) is 13.1. The number of anilines is 1. The third kappa shape index (κ3) is 2.30. The molecule has 0 atom stereocenters. The van der Waals surface area contributed by atoms with Crippen LogP contribution in [-0.2, 0) is 0 Å². The van der Waals surface area contributed by atoms with E-state index in [1.54, 1.807) is 0 Å². The summed E-state index contributed by atoms with van der Waals surface area (Å²) >= 11 is 2.91. The minimum atomic E-state index is -0.233. The molecule has 1 amide bonds. The average Bonchev–Trinajstić information content (AvgIpc) is 3.02. The number of carbonyl (C=O) groups is 1. The van der Waals surface area contributed by atoms with Crippen molar-refractivity contribution in [3.63, 3.8) is 0 Å². The molecule has 1 N–H and O–H groups in total. The van der Waals surface area contributed by atoms with Gasteiger partial charge in [0.1, 0.15) is 0 Å². The first-order valence-corrected chi connectivity index (χ1v) is 8.04. The molecule has 0 fully saturated rings. The lowest BCUT2D eigenvalue weighted by atomic mass is 10.3. The van der Waals surface area contributed by atoms with Crippen LogP contribution < -0.4 is 5.32 Å². The zero-order chi connectivity index (χ0) is 14.1. The molecule has 0 bridgehead atoms. The Morgan fingerprint density at radius 3 is 2.95 bits per heavy atom. The number of hydrogen-bond donors (Lipinski definition) is 1. The average molecular weight is 304 g/mol. The zero-order valence-electron chi connectivity index (χ0n) is 11.0. The van der Waals surface area contributed by atoms with Gasteiger partial charge in [0.25, 0.3) is 5.91 Å². The van der Waals surface area contributed by atoms with Crippen molar-refractivity contribution in [1.82, 2.24) is 14.4 Å². The number of aryl methyl sites for hydroxylation is 1. The number of pyridine rings is 1. The Morgan fingerprint density at radius 2 is 2.25 bits per heavy atom. The van der Waals surface area contributed by atoms with E-state index in [1.165, 1.54) is 23.1 Å². The van der Waals surface area contributed by atoms with E-state index in [-0.39, 0.29) is 5.91 Å². The molecule has 0 saturated carbocycles. The lowest BCUT2D eigenvalue weighted by Gasteiger charge is -1.99. The summed E-state index contributed by atoms with van der Waals surface area (Å²) in [5, 5.41) is 6.07. The van der Waals surface area contributed by atoms with E-state index < -0.39 is 0 Å². The Balaban J connectivity index is 1.99. The number of thiazole rings is 1. The topological polar surface area (TPSA) is 59.3 Å². The van der Waals surface area contributed by atoms with E-state index >= 15 is 0 Å². The number of nitrogens with zero attached hydrogens (tertiary/aromatic N) is 3. The molecule has 3 heterocycles. The summed E-state index contributed by atoms with van der Waals surface area (Å²) in [6.07, 6.45) is 3.84. The molecule has 0 aliphatic heterocycles. The molecule has 0 aliphatic carbocycles. The molecular formula is C13H12N4OS2. The second-order valence-corrected chi connectivity index (χ2v) is 5.78. The van der Waals surface area contributed by atoms with Gasteiger partial charge in [0.2, 0.25) is 0 Å². The molecule has 3 aromatic rings. The monoisotopic (exact) mass is 304 g/mol. The third-order valence-electron chi connectivity index (χ3n) is 2.75. The molecule has 0 radical (unpaired) electrons. The maximum absolute atomic E-state index is 12.3. The fraction of sp³-hybridized carbons (Fsp3) is 0.154. The van der Waals surface area contributed by atoms with Crippen LogP contribution in [-0.4, -0.2) is 26.5 Å². The highest BCUT2D eigenvalue weighted by molar-refractivity contribution is 7.98. The van der Waals surface area contributed by atoms with Crippen molar-refractivity contribution in [2.45, 2.75) is 12.1 Å². The van der Waals surface area contributed by atoms with E-state index in [1.807, 2.05) is 47.4 Å². The molecule has 3 rings (SSSR count). The van der Waals surface area contributed by atoms with Crippen LogP contribution in [0.4, 0.5) is 5.13 Å². The van der Waals surface area contributed by atoms with Gasteiger partial charge in [-0.3, -0.25) is 14.5 Å². The Labute approximate surface area is 124 Å². The quantitative estimate of drug-likeness (QED) is 0.755.